The molecule has 222 valence electrons. The van der Waals surface area contributed by atoms with Crippen molar-refractivity contribution in [3.8, 4) is 39.7 Å². The first kappa shape index (κ1) is 27.4. The molecule has 0 unspecified atom stereocenters. The zero-order chi connectivity index (χ0) is 32.2. The maximum atomic E-state index is 10.0. The highest BCUT2D eigenvalue weighted by atomic mass is 15.0. The highest BCUT2D eigenvalue weighted by molar-refractivity contribution is 6.17. The Morgan fingerprint density at radius 3 is 1.60 bits per heavy atom. The molecule has 0 aliphatic carbocycles. The quantitative estimate of drug-likeness (QED) is 0.183. The summed E-state index contributed by atoms with van der Waals surface area (Å²) < 4.78 is 4.64. The Balaban J connectivity index is 1.24. The minimum Gasteiger partial charge on any atom is -0.309 e. The fourth-order valence-corrected chi connectivity index (χ4v) is 7.37. The summed E-state index contributed by atoms with van der Waals surface area (Å²) in [7, 11) is 0. The lowest BCUT2D eigenvalue weighted by atomic mass is 9.94. The molecule has 48 heavy (non-hydrogen) atoms. The molecule has 0 fully saturated rings. The highest BCUT2D eigenvalue weighted by Crippen LogP contribution is 2.43. The smallest absolute Gasteiger partial charge is 0.196 e. The summed E-state index contributed by atoms with van der Waals surface area (Å²) in [5.74, 6) is 0. The van der Waals surface area contributed by atoms with E-state index in [1.807, 2.05) is 18.2 Å². The number of aromatic nitrogens is 2. The van der Waals surface area contributed by atoms with Crippen LogP contribution in [0, 0.1) is 17.9 Å². The van der Waals surface area contributed by atoms with E-state index in [-0.39, 0.29) is 0 Å². The summed E-state index contributed by atoms with van der Waals surface area (Å²) in [6.45, 7) is 7.87. The maximum absolute atomic E-state index is 10.0. The first-order chi connectivity index (χ1) is 23.7. The molecule has 0 saturated carbocycles. The summed E-state index contributed by atoms with van der Waals surface area (Å²) >= 11 is 0. The maximum Gasteiger partial charge on any atom is 0.196 e. The van der Waals surface area contributed by atoms with Crippen molar-refractivity contribution in [2.45, 2.75) is 0 Å². The lowest BCUT2D eigenvalue weighted by Crippen LogP contribution is -1.96. The summed E-state index contributed by atoms with van der Waals surface area (Å²) in [6.07, 6.45) is 0. The van der Waals surface area contributed by atoms with Gasteiger partial charge in [0, 0.05) is 44.0 Å². The minimum atomic E-state index is 0.475. The largest absolute Gasteiger partial charge is 0.309 e. The van der Waals surface area contributed by atoms with Crippen molar-refractivity contribution in [1.82, 2.24) is 9.13 Å². The Morgan fingerprint density at radius 1 is 0.500 bits per heavy atom. The van der Waals surface area contributed by atoms with Gasteiger partial charge in [-0.1, -0.05) is 103 Å². The van der Waals surface area contributed by atoms with E-state index in [0.29, 0.717) is 16.8 Å². The van der Waals surface area contributed by atoms with Crippen molar-refractivity contribution < 1.29 is 0 Å². The van der Waals surface area contributed by atoms with E-state index in [4.69, 9.17) is 6.57 Å². The van der Waals surface area contributed by atoms with E-state index in [1.165, 1.54) is 21.8 Å². The Morgan fingerprint density at radius 2 is 1.00 bits per heavy atom. The molecule has 0 radical (unpaired) electrons. The number of benzene rings is 7. The van der Waals surface area contributed by atoms with Crippen molar-refractivity contribution in [2.75, 3.05) is 0 Å². The molecule has 9 rings (SSSR count). The van der Waals surface area contributed by atoms with Crippen molar-refractivity contribution in [2.24, 2.45) is 0 Å². The molecule has 4 heteroatoms. The molecule has 0 bridgehead atoms. The molecule has 9 aromatic rings. The summed E-state index contributed by atoms with van der Waals surface area (Å²) in [4.78, 5) is 3.80. The average molecular weight is 611 g/mol. The molecule has 0 saturated heterocycles. The molecular weight excluding hydrogens is 585 g/mol. The van der Waals surface area contributed by atoms with Gasteiger partial charge in [-0.3, -0.25) is 0 Å². The van der Waals surface area contributed by atoms with Crippen molar-refractivity contribution in [3.05, 3.63) is 175 Å². The third kappa shape index (κ3) is 4.07. The first-order valence-electron chi connectivity index (χ1n) is 15.9. The lowest BCUT2D eigenvalue weighted by molar-refractivity contribution is 1.17. The zero-order valence-electron chi connectivity index (χ0n) is 25.8. The second kappa shape index (κ2) is 10.9. The standard InChI is InChI=1S/C44H26N4/c1-46-38-21-10-14-31(28-45)43(38)37-20-11-25-42-44(37)36-19-4-7-24-41(36)48(42)33-16-9-13-30(27-33)29-12-8-15-32(26-29)47-39-22-5-2-17-34(39)35-18-3-6-23-40(35)47/h2-27H. The fourth-order valence-electron chi connectivity index (χ4n) is 7.37. The van der Waals surface area contributed by atoms with Crippen LogP contribution in [0.5, 0.6) is 0 Å². The van der Waals surface area contributed by atoms with Crippen LogP contribution in [0.2, 0.25) is 0 Å². The summed E-state index contributed by atoms with van der Waals surface area (Å²) in [6, 6.07) is 56.8. The highest BCUT2D eigenvalue weighted by Gasteiger charge is 2.20. The predicted molar refractivity (Wildman–Crippen MR) is 197 cm³/mol. The molecule has 0 spiro atoms. The van der Waals surface area contributed by atoms with Crippen LogP contribution in [-0.2, 0) is 0 Å². The second-order valence-corrected chi connectivity index (χ2v) is 11.9. The molecule has 0 aliphatic heterocycles. The van der Waals surface area contributed by atoms with Gasteiger partial charge in [0.2, 0.25) is 0 Å². The van der Waals surface area contributed by atoms with Crippen LogP contribution < -0.4 is 0 Å². The van der Waals surface area contributed by atoms with Gasteiger partial charge in [-0.2, -0.15) is 5.26 Å². The van der Waals surface area contributed by atoms with E-state index in [2.05, 4.69) is 141 Å². The molecular formula is C44H26N4. The van der Waals surface area contributed by atoms with Gasteiger partial charge in [0.1, 0.15) is 0 Å². The summed E-state index contributed by atoms with van der Waals surface area (Å²) in [5, 5.41) is 14.6. The molecule has 2 heterocycles. The number of hydrogen-bond donors (Lipinski definition) is 0. The molecule has 2 aromatic heterocycles. The van der Waals surface area contributed by atoms with Crippen LogP contribution in [0.15, 0.2) is 158 Å². The Bertz CT molecular complexity index is 2730. The van der Waals surface area contributed by atoms with Crippen LogP contribution in [0.4, 0.5) is 5.69 Å². The number of hydrogen-bond acceptors (Lipinski definition) is 1. The third-order valence-electron chi connectivity index (χ3n) is 9.37. The zero-order valence-corrected chi connectivity index (χ0v) is 25.8. The van der Waals surface area contributed by atoms with E-state index >= 15 is 0 Å². The lowest BCUT2D eigenvalue weighted by Gasteiger charge is -2.13. The van der Waals surface area contributed by atoms with Gasteiger partial charge < -0.3 is 9.13 Å². The van der Waals surface area contributed by atoms with Gasteiger partial charge in [-0.05, 0) is 71.3 Å². The average Bonchev–Trinajstić information content (AvgIpc) is 3.68. The monoisotopic (exact) mass is 610 g/mol. The molecule has 0 amide bonds. The molecule has 0 aliphatic rings. The Labute approximate surface area is 277 Å². The molecule has 0 N–H and O–H groups in total. The van der Waals surface area contributed by atoms with Crippen molar-refractivity contribution >= 4 is 49.3 Å². The van der Waals surface area contributed by atoms with E-state index in [1.54, 1.807) is 18.2 Å². The van der Waals surface area contributed by atoms with Crippen LogP contribution in [0.3, 0.4) is 0 Å². The van der Waals surface area contributed by atoms with Crippen molar-refractivity contribution in [1.29, 1.82) is 5.26 Å². The number of para-hydroxylation sites is 3. The number of nitriles is 1. The van der Waals surface area contributed by atoms with Crippen molar-refractivity contribution in [3.63, 3.8) is 0 Å². The van der Waals surface area contributed by atoms with Gasteiger partial charge in [-0.15, -0.1) is 0 Å². The number of nitrogens with zero attached hydrogens (tertiary/aromatic N) is 4. The number of fused-ring (bicyclic) bond motifs is 6. The normalized spacial score (nSPS) is 11.3. The van der Waals surface area contributed by atoms with E-state index in [9.17, 15) is 5.26 Å². The first-order valence-corrected chi connectivity index (χ1v) is 15.9. The molecule has 0 atom stereocenters. The fraction of sp³-hybridized carbons (Fsp3) is 0. The van der Waals surface area contributed by atoms with Gasteiger partial charge in [-0.25, -0.2) is 4.85 Å². The van der Waals surface area contributed by atoms with Crippen LogP contribution in [-0.4, -0.2) is 9.13 Å². The Kier molecular flexibility index (Phi) is 6.22. The summed E-state index contributed by atoms with van der Waals surface area (Å²) in [5.41, 5.74) is 11.4. The van der Waals surface area contributed by atoms with E-state index < -0.39 is 0 Å². The molecule has 7 aromatic carbocycles. The molecule has 4 nitrogen and oxygen atoms in total. The van der Waals surface area contributed by atoms with Crippen LogP contribution in [0.1, 0.15) is 5.56 Å². The van der Waals surface area contributed by atoms with Crippen LogP contribution in [0.25, 0.3) is 82.1 Å². The second-order valence-electron chi connectivity index (χ2n) is 11.9. The van der Waals surface area contributed by atoms with E-state index in [0.717, 1.165) is 49.9 Å². The Hall–Kier alpha value is -6.88. The third-order valence-corrected chi connectivity index (χ3v) is 9.37. The van der Waals surface area contributed by atoms with Crippen LogP contribution >= 0.6 is 0 Å². The van der Waals surface area contributed by atoms with Gasteiger partial charge in [0.05, 0.1) is 34.7 Å². The minimum absolute atomic E-state index is 0.475. The predicted octanol–water partition coefficient (Wildman–Crippen LogP) is 11.6. The SMILES string of the molecule is [C-]#[N+]c1cccc(C#N)c1-c1cccc2c1c1ccccc1n2-c1cccc(-c2cccc(-n3c4ccccc4c4ccccc43)c2)c1. The number of rotatable bonds is 4. The topological polar surface area (TPSA) is 38.0 Å². The van der Waals surface area contributed by atoms with Gasteiger partial charge in [0.25, 0.3) is 0 Å². The van der Waals surface area contributed by atoms with Gasteiger partial charge >= 0.3 is 0 Å². The van der Waals surface area contributed by atoms with Gasteiger partial charge in [0.15, 0.2) is 5.69 Å².